The Labute approximate surface area is 94.0 Å². The van der Waals surface area contributed by atoms with Crippen LogP contribution in [-0.4, -0.2) is 19.5 Å². The number of nitrogens with two attached hydrogens (primary N) is 1. The van der Waals surface area contributed by atoms with E-state index in [2.05, 4.69) is 0 Å². The summed E-state index contributed by atoms with van der Waals surface area (Å²) in [5.41, 5.74) is 7.39. The number of alkyl halides is 2. The van der Waals surface area contributed by atoms with Gasteiger partial charge in [-0.15, -0.1) is 0 Å². The lowest BCUT2D eigenvalue weighted by molar-refractivity contribution is 0.0687. The molecule has 1 heterocycles. The van der Waals surface area contributed by atoms with Crippen molar-refractivity contribution in [3.05, 3.63) is 24.3 Å². The van der Waals surface area contributed by atoms with E-state index in [1.54, 1.807) is 6.07 Å². The van der Waals surface area contributed by atoms with Crippen LogP contribution in [0.3, 0.4) is 0 Å². The molecule has 1 aliphatic heterocycles. The first kappa shape index (κ1) is 11.2. The standard InChI is InChI=1S/C12H16F2N2/c13-12(14)9-4-3-7-16(8-9)11-6-2-1-5-10(11)15/h1-2,5-6,9,12H,3-4,7-8,15H2/t9-/m1/s1. The first-order valence-electron chi connectivity index (χ1n) is 5.56. The Morgan fingerprint density at radius 1 is 1.31 bits per heavy atom. The Hall–Kier alpha value is -1.32. The van der Waals surface area contributed by atoms with Crippen LogP contribution in [0.25, 0.3) is 0 Å². The molecule has 0 aromatic heterocycles. The second kappa shape index (κ2) is 4.68. The number of hydrogen-bond acceptors (Lipinski definition) is 2. The molecule has 2 rings (SSSR count). The van der Waals surface area contributed by atoms with Crippen molar-refractivity contribution in [2.75, 3.05) is 23.7 Å². The summed E-state index contributed by atoms with van der Waals surface area (Å²) in [4.78, 5) is 1.97. The molecule has 0 spiro atoms. The summed E-state index contributed by atoms with van der Waals surface area (Å²) in [5, 5.41) is 0. The van der Waals surface area contributed by atoms with Crippen LogP contribution < -0.4 is 10.6 Å². The highest BCUT2D eigenvalue weighted by Gasteiger charge is 2.27. The molecule has 1 aromatic carbocycles. The van der Waals surface area contributed by atoms with E-state index in [0.29, 0.717) is 18.7 Å². The topological polar surface area (TPSA) is 29.3 Å². The van der Waals surface area contributed by atoms with Crippen molar-refractivity contribution in [3.8, 4) is 0 Å². The number of benzene rings is 1. The predicted molar refractivity (Wildman–Crippen MR) is 61.8 cm³/mol. The second-order valence-electron chi connectivity index (χ2n) is 4.24. The van der Waals surface area contributed by atoms with E-state index in [9.17, 15) is 8.78 Å². The van der Waals surface area contributed by atoms with Gasteiger partial charge in [0, 0.05) is 19.0 Å². The number of para-hydroxylation sites is 2. The molecule has 1 saturated heterocycles. The Morgan fingerprint density at radius 2 is 2.06 bits per heavy atom. The maximum absolute atomic E-state index is 12.7. The summed E-state index contributed by atoms with van der Waals surface area (Å²) in [6.45, 7) is 1.23. The van der Waals surface area contributed by atoms with Gasteiger partial charge >= 0.3 is 0 Å². The zero-order valence-corrected chi connectivity index (χ0v) is 9.07. The first-order chi connectivity index (χ1) is 7.68. The fraction of sp³-hybridized carbons (Fsp3) is 0.500. The van der Waals surface area contributed by atoms with Crippen molar-refractivity contribution in [2.24, 2.45) is 5.92 Å². The lowest BCUT2D eigenvalue weighted by Crippen LogP contribution is -2.38. The zero-order chi connectivity index (χ0) is 11.5. The molecule has 0 radical (unpaired) electrons. The molecule has 0 bridgehead atoms. The number of hydrogen-bond donors (Lipinski definition) is 1. The molecule has 0 saturated carbocycles. The van der Waals surface area contributed by atoms with Crippen LogP contribution in [0.5, 0.6) is 0 Å². The van der Waals surface area contributed by atoms with Crippen LogP contribution in [0, 0.1) is 5.92 Å². The molecule has 1 aromatic rings. The molecule has 0 aliphatic carbocycles. The van der Waals surface area contributed by atoms with Crippen LogP contribution in [0.15, 0.2) is 24.3 Å². The van der Waals surface area contributed by atoms with Crippen molar-refractivity contribution >= 4 is 11.4 Å². The van der Waals surface area contributed by atoms with Gasteiger partial charge in [-0.1, -0.05) is 12.1 Å². The highest BCUT2D eigenvalue weighted by Crippen LogP contribution is 2.29. The Balaban J connectivity index is 2.13. The minimum atomic E-state index is -2.23. The fourth-order valence-electron chi connectivity index (χ4n) is 2.21. The van der Waals surface area contributed by atoms with Gasteiger partial charge < -0.3 is 10.6 Å². The molecule has 4 heteroatoms. The van der Waals surface area contributed by atoms with Gasteiger partial charge in [-0.05, 0) is 25.0 Å². The van der Waals surface area contributed by atoms with Gasteiger partial charge in [0.1, 0.15) is 0 Å². The number of rotatable bonds is 2. The maximum Gasteiger partial charge on any atom is 0.243 e. The van der Waals surface area contributed by atoms with Crippen molar-refractivity contribution in [1.82, 2.24) is 0 Å². The van der Waals surface area contributed by atoms with E-state index in [1.165, 1.54) is 0 Å². The van der Waals surface area contributed by atoms with E-state index in [4.69, 9.17) is 5.73 Å². The van der Waals surface area contributed by atoms with Crippen molar-refractivity contribution in [1.29, 1.82) is 0 Å². The Morgan fingerprint density at radius 3 is 2.75 bits per heavy atom. The normalized spacial score (nSPS) is 21.4. The smallest absolute Gasteiger partial charge is 0.243 e. The lowest BCUT2D eigenvalue weighted by atomic mass is 9.98. The second-order valence-corrected chi connectivity index (χ2v) is 4.24. The van der Waals surface area contributed by atoms with Crippen LogP contribution in [-0.2, 0) is 0 Å². The molecular weight excluding hydrogens is 210 g/mol. The van der Waals surface area contributed by atoms with Gasteiger partial charge in [-0.2, -0.15) is 0 Å². The minimum Gasteiger partial charge on any atom is -0.397 e. The summed E-state index contributed by atoms with van der Waals surface area (Å²) in [6.07, 6.45) is -0.808. The molecule has 1 atom stereocenters. The number of halogens is 2. The molecule has 1 fully saturated rings. The Kier molecular flexibility index (Phi) is 3.27. The summed E-state index contributed by atoms with van der Waals surface area (Å²) in [6, 6.07) is 7.44. The van der Waals surface area contributed by atoms with Gasteiger partial charge in [0.15, 0.2) is 0 Å². The number of nitrogens with zero attached hydrogens (tertiary/aromatic N) is 1. The molecule has 16 heavy (non-hydrogen) atoms. The van der Waals surface area contributed by atoms with Crippen LogP contribution in [0.1, 0.15) is 12.8 Å². The summed E-state index contributed by atoms with van der Waals surface area (Å²) in [7, 11) is 0. The Bertz CT molecular complexity index is 355. The van der Waals surface area contributed by atoms with Gasteiger partial charge in [0.2, 0.25) is 6.43 Å². The number of anilines is 2. The van der Waals surface area contributed by atoms with Crippen molar-refractivity contribution in [2.45, 2.75) is 19.3 Å². The molecule has 0 unspecified atom stereocenters. The molecule has 0 amide bonds. The maximum atomic E-state index is 12.7. The third kappa shape index (κ3) is 2.26. The van der Waals surface area contributed by atoms with E-state index in [-0.39, 0.29) is 0 Å². The van der Waals surface area contributed by atoms with E-state index in [1.807, 2.05) is 23.1 Å². The molecule has 2 N–H and O–H groups in total. The molecular formula is C12H16F2N2. The summed E-state index contributed by atoms with van der Waals surface area (Å²) < 4.78 is 25.3. The summed E-state index contributed by atoms with van der Waals surface area (Å²) in [5.74, 6) is -0.520. The van der Waals surface area contributed by atoms with Crippen molar-refractivity contribution in [3.63, 3.8) is 0 Å². The average molecular weight is 226 g/mol. The van der Waals surface area contributed by atoms with Gasteiger partial charge in [0.25, 0.3) is 0 Å². The van der Waals surface area contributed by atoms with Crippen molar-refractivity contribution < 1.29 is 8.78 Å². The fourth-order valence-corrected chi connectivity index (χ4v) is 2.21. The summed E-state index contributed by atoms with van der Waals surface area (Å²) >= 11 is 0. The third-order valence-corrected chi connectivity index (χ3v) is 3.09. The van der Waals surface area contributed by atoms with E-state index < -0.39 is 12.3 Å². The molecule has 1 aliphatic rings. The van der Waals surface area contributed by atoms with Crippen LogP contribution in [0.2, 0.25) is 0 Å². The number of piperidine rings is 1. The largest absolute Gasteiger partial charge is 0.397 e. The third-order valence-electron chi connectivity index (χ3n) is 3.09. The van der Waals surface area contributed by atoms with E-state index >= 15 is 0 Å². The minimum absolute atomic E-state index is 0.409. The highest BCUT2D eigenvalue weighted by atomic mass is 19.3. The van der Waals surface area contributed by atoms with Gasteiger partial charge in [-0.25, -0.2) is 8.78 Å². The SMILES string of the molecule is Nc1ccccc1N1CCC[C@@H](C(F)F)C1. The number of nitrogen functional groups attached to an aromatic ring is 1. The van der Waals surface area contributed by atoms with Gasteiger partial charge in [-0.3, -0.25) is 0 Å². The highest BCUT2D eigenvalue weighted by molar-refractivity contribution is 5.67. The predicted octanol–water partition coefficient (Wildman–Crippen LogP) is 2.75. The molecule has 88 valence electrons. The molecule has 2 nitrogen and oxygen atoms in total. The average Bonchev–Trinajstić information content (AvgIpc) is 2.30. The van der Waals surface area contributed by atoms with Crippen LogP contribution in [0.4, 0.5) is 20.2 Å². The van der Waals surface area contributed by atoms with Gasteiger partial charge in [0.05, 0.1) is 11.4 Å². The lowest BCUT2D eigenvalue weighted by Gasteiger charge is -2.34. The van der Waals surface area contributed by atoms with E-state index in [0.717, 1.165) is 18.7 Å². The zero-order valence-electron chi connectivity index (χ0n) is 9.07. The first-order valence-corrected chi connectivity index (χ1v) is 5.56. The monoisotopic (exact) mass is 226 g/mol. The van der Waals surface area contributed by atoms with Crippen LogP contribution >= 0.6 is 0 Å². The quantitative estimate of drug-likeness (QED) is 0.786.